The molecule has 0 radical (unpaired) electrons. The molecule has 0 saturated heterocycles. The molecular weight excluding hydrogens is 292 g/mol. The summed E-state index contributed by atoms with van der Waals surface area (Å²) in [5, 5.41) is 11.8. The van der Waals surface area contributed by atoms with Crippen LogP contribution in [0.25, 0.3) is 0 Å². The minimum atomic E-state index is -0.850. The van der Waals surface area contributed by atoms with Crippen molar-refractivity contribution < 1.29 is 14.3 Å². The van der Waals surface area contributed by atoms with Gasteiger partial charge in [-0.3, -0.25) is 4.79 Å². The number of hydrogen-bond acceptors (Lipinski definition) is 4. The molecule has 1 fully saturated rings. The highest BCUT2D eigenvalue weighted by Crippen LogP contribution is 2.46. The summed E-state index contributed by atoms with van der Waals surface area (Å²) in [5.74, 6) is -0.103. The minimum Gasteiger partial charge on any atom is -0.424 e. The van der Waals surface area contributed by atoms with Crippen molar-refractivity contribution in [1.29, 1.82) is 5.26 Å². The Morgan fingerprint density at radius 3 is 2.48 bits per heavy atom. The molecule has 5 nitrogen and oxygen atoms in total. The van der Waals surface area contributed by atoms with Gasteiger partial charge in [0.05, 0.1) is 6.10 Å². The number of nitrogens with one attached hydrogen (secondary N) is 1. The lowest BCUT2D eigenvalue weighted by molar-refractivity contribution is -0.148. The first-order valence-corrected chi connectivity index (χ1v) is 8.40. The molecule has 5 heteroatoms. The lowest BCUT2D eigenvalue weighted by atomic mass is 9.63. The molecule has 0 aromatic carbocycles. The topological polar surface area (TPSA) is 71.3 Å². The lowest BCUT2D eigenvalue weighted by Gasteiger charge is -2.45. The van der Waals surface area contributed by atoms with E-state index in [1.807, 2.05) is 20.1 Å². The highest BCUT2D eigenvalue weighted by Gasteiger charge is 2.43. The summed E-state index contributed by atoms with van der Waals surface area (Å²) in [5.41, 5.74) is -0.854. The second-order valence-electron chi connectivity index (χ2n) is 8.75. The summed E-state index contributed by atoms with van der Waals surface area (Å²) in [6.07, 6.45) is 4.36. The second kappa shape index (κ2) is 7.09. The van der Waals surface area contributed by atoms with Crippen molar-refractivity contribution in [2.45, 2.75) is 85.5 Å². The Bertz CT molecular complexity index is 465. The van der Waals surface area contributed by atoms with Gasteiger partial charge in [0.15, 0.2) is 0 Å². The molecule has 1 saturated carbocycles. The zero-order valence-electron chi connectivity index (χ0n) is 15.7. The summed E-state index contributed by atoms with van der Waals surface area (Å²) in [4.78, 5) is 12.4. The van der Waals surface area contributed by atoms with Crippen LogP contribution in [0.4, 0.5) is 0 Å². The molecular formula is C18H32N2O3. The van der Waals surface area contributed by atoms with Crippen LogP contribution in [0.3, 0.4) is 0 Å². The fourth-order valence-corrected chi connectivity index (χ4v) is 3.98. The molecule has 0 heterocycles. The van der Waals surface area contributed by atoms with Gasteiger partial charge < -0.3 is 14.8 Å². The quantitative estimate of drug-likeness (QED) is 0.760. The average molecular weight is 324 g/mol. The Hall–Kier alpha value is -1.28. The maximum Gasteiger partial charge on any atom is 0.286 e. The maximum atomic E-state index is 12.4. The number of carbonyl (C=O) groups excluding carboxylic acids is 1. The van der Waals surface area contributed by atoms with Crippen LogP contribution in [0.2, 0.25) is 0 Å². The third-order valence-electron chi connectivity index (χ3n) is 4.38. The zero-order valence-corrected chi connectivity index (χ0v) is 15.7. The van der Waals surface area contributed by atoms with E-state index in [0.717, 1.165) is 19.3 Å². The van der Waals surface area contributed by atoms with Crippen LogP contribution in [0.5, 0.6) is 0 Å². The van der Waals surface area contributed by atoms with E-state index in [0.29, 0.717) is 6.54 Å². The van der Waals surface area contributed by atoms with Crippen LogP contribution < -0.4 is 5.32 Å². The average Bonchev–Trinajstić information content (AvgIpc) is 2.32. The number of nitrogens with zero attached hydrogens (tertiary/aromatic N) is 1. The number of ether oxygens (including phenoxy) is 2. The molecule has 23 heavy (non-hydrogen) atoms. The largest absolute Gasteiger partial charge is 0.424 e. The summed E-state index contributed by atoms with van der Waals surface area (Å²) in [6, 6.07) is 0. The van der Waals surface area contributed by atoms with E-state index in [2.05, 4.69) is 26.1 Å². The number of amides is 1. The van der Waals surface area contributed by atoms with E-state index in [-0.39, 0.29) is 28.9 Å². The third kappa shape index (κ3) is 6.02. The molecule has 1 aliphatic rings. The highest BCUT2D eigenvalue weighted by molar-refractivity contribution is 5.84. The Morgan fingerprint density at radius 1 is 1.35 bits per heavy atom. The fourth-order valence-electron chi connectivity index (χ4n) is 3.98. The molecule has 1 rings (SSSR count). The summed E-state index contributed by atoms with van der Waals surface area (Å²) in [6.45, 7) is 14.5. The molecule has 0 aliphatic heterocycles. The van der Waals surface area contributed by atoms with Crippen LogP contribution in [-0.4, -0.2) is 30.3 Å². The van der Waals surface area contributed by atoms with Gasteiger partial charge in [-0.25, -0.2) is 0 Å². The van der Waals surface area contributed by atoms with Gasteiger partial charge in [0.2, 0.25) is 0 Å². The first-order chi connectivity index (χ1) is 10.4. The normalized spacial score (nSPS) is 27.3. The van der Waals surface area contributed by atoms with Crippen LogP contribution in [0.1, 0.15) is 67.7 Å². The predicted molar refractivity (Wildman–Crippen MR) is 89.5 cm³/mol. The summed E-state index contributed by atoms with van der Waals surface area (Å²) >= 11 is 0. The molecule has 1 aliphatic carbocycles. The Kier molecular flexibility index (Phi) is 6.09. The maximum absolute atomic E-state index is 12.4. The van der Waals surface area contributed by atoms with Crippen molar-refractivity contribution in [2.75, 3.05) is 6.54 Å². The van der Waals surface area contributed by atoms with E-state index in [4.69, 9.17) is 14.7 Å². The van der Waals surface area contributed by atoms with Gasteiger partial charge in [-0.05, 0) is 57.8 Å². The molecule has 0 aromatic rings. The molecule has 0 aromatic heterocycles. The molecule has 1 amide bonds. The van der Waals surface area contributed by atoms with E-state index in [9.17, 15) is 4.79 Å². The van der Waals surface area contributed by atoms with Crippen molar-refractivity contribution in [3.05, 3.63) is 0 Å². The van der Waals surface area contributed by atoms with Gasteiger partial charge in [-0.15, -0.1) is 0 Å². The molecule has 2 atom stereocenters. The standard InChI is InChI=1S/C18H32N2O3/c1-13(2)23-17(5,6)15(21)20-11-18(7)9-14(22-12-19)8-16(3,4)10-18/h13-14H,8-11H2,1-7H3,(H,20,21). The van der Waals surface area contributed by atoms with Crippen molar-refractivity contribution in [3.63, 3.8) is 0 Å². The van der Waals surface area contributed by atoms with Crippen LogP contribution in [0, 0.1) is 22.3 Å². The summed E-state index contributed by atoms with van der Waals surface area (Å²) < 4.78 is 10.9. The summed E-state index contributed by atoms with van der Waals surface area (Å²) in [7, 11) is 0. The lowest BCUT2D eigenvalue weighted by Crippen LogP contribution is -2.51. The fraction of sp³-hybridized carbons (Fsp3) is 0.889. The third-order valence-corrected chi connectivity index (χ3v) is 4.38. The van der Waals surface area contributed by atoms with Crippen LogP contribution >= 0.6 is 0 Å². The van der Waals surface area contributed by atoms with Gasteiger partial charge in [0.25, 0.3) is 12.2 Å². The number of rotatable bonds is 6. The monoisotopic (exact) mass is 324 g/mol. The smallest absolute Gasteiger partial charge is 0.286 e. The number of carbonyl (C=O) groups is 1. The van der Waals surface area contributed by atoms with Gasteiger partial charge in [0.1, 0.15) is 11.7 Å². The number of hydrogen-bond donors (Lipinski definition) is 1. The first kappa shape index (κ1) is 19.8. The van der Waals surface area contributed by atoms with Crippen LogP contribution in [-0.2, 0) is 14.3 Å². The molecule has 2 unspecified atom stereocenters. The van der Waals surface area contributed by atoms with Crippen LogP contribution in [0.15, 0.2) is 0 Å². The molecule has 132 valence electrons. The Balaban J connectivity index is 2.71. The SMILES string of the molecule is CC(C)OC(C)(C)C(=O)NCC1(C)CC(OC#N)CC(C)(C)C1. The highest BCUT2D eigenvalue weighted by atomic mass is 16.5. The van der Waals surface area contributed by atoms with Crippen molar-refractivity contribution in [2.24, 2.45) is 10.8 Å². The van der Waals surface area contributed by atoms with Crippen molar-refractivity contribution in [1.82, 2.24) is 5.32 Å². The van der Waals surface area contributed by atoms with E-state index < -0.39 is 5.60 Å². The zero-order chi connectivity index (χ0) is 17.9. The Morgan fingerprint density at radius 2 is 1.96 bits per heavy atom. The second-order valence-corrected chi connectivity index (χ2v) is 8.75. The molecule has 0 spiro atoms. The van der Waals surface area contributed by atoms with E-state index >= 15 is 0 Å². The Labute approximate surface area is 140 Å². The molecule has 1 N–H and O–H groups in total. The predicted octanol–water partition coefficient (Wildman–Crippen LogP) is 3.39. The minimum absolute atomic E-state index is 0.00615. The van der Waals surface area contributed by atoms with Gasteiger partial charge >= 0.3 is 0 Å². The van der Waals surface area contributed by atoms with Gasteiger partial charge in [-0.2, -0.15) is 5.26 Å². The molecule has 0 bridgehead atoms. The van der Waals surface area contributed by atoms with E-state index in [1.54, 1.807) is 13.8 Å². The number of nitriles is 1. The van der Waals surface area contributed by atoms with E-state index in [1.165, 1.54) is 0 Å². The van der Waals surface area contributed by atoms with Crippen molar-refractivity contribution >= 4 is 5.91 Å². The first-order valence-electron chi connectivity index (χ1n) is 8.40. The van der Waals surface area contributed by atoms with Gasteiger partial charge in [0, 0.05) is 6.54 Å². The van der Waals surface area contributed by atoms with Crippen molar-refractivity contribution in [3.8, 4) is 6.26 Å². The van der Waals surface area contributed by atoms with Gasteiger partial charge in [-0.1, -0.05) is 20.8 Å².